The minimum atomic E-state index is -3.58. The van der Waals surface area contributed by atoms with Gasteiger partial charge in [0.05, 0.1) is 5.52 Å². The molecule has 0 aliphatic rings. The van der Waals surface area contributed by atoms with E-state index < -0.39 is 10.0 Å². The zero-order valence-corrected chi connectivity index (χ0v) is 12.5. The average molecular weight is 281 g/mol. The molecule has 104 valence electrons. The van der Waals surface area contributed by atoms with Crippen LogP contribution in [0.1, 0.15) is 32.2 Å². The number of pyridine rings is 1. The molecule has 2 heterocycles. The Morgan fingerprint density at radius 2 is 2.11 bits per heavy atom. The van der Waals surface area contributed by atoms with Crippen LogP contribution in [-0.4, -0.2) is 23.8 Å². The topological polar surface area (TPSA) is 63.5 Å². The van der Waals surface area contributed by atoms with Crippen molar-refractivity contribution in [1.82, 2.24) is 14.1 Å². The fourth-order valence-corrected chi connectivity index (χ4v) is 3.60. The highest BCUT2D eigenvalue weighted by Gasteiger charge is 2.24. The molecule has 2 aromatic heterocycles. The quantitative estimate of drug-likeness (QED) is 0.931. The number of hydrogen-bond donors (Lipinski definition) is 1. The molecule has 0 bridgehead atoms. The van der Waals surface area contributed by atoms with Gasteiger partial charge in [0.15, 0.2) is 5.03 Å². The molecule has 19 heavy (non-hydrogen) atoms. The second-order valence-corrected chi connectivity index (χ2v) is 6.50. The Bertz CT molecular complexity index is 702. The molecule has 0 atom stereocenters. The van der Waals surface area contributed by atoms with Crippen molar-refractivity contribution in [3.05, 3.63) is 29.7 Å². The van der Waals surface area contributed by atoms with Crippen LogP contribution in [0.25, 0.3) is 5.52 Å². The number of aromatic nitrogens is 2. The van der Waals surface area contributed by atoms with Gasteiger partial charge in [-0.3, -0.25) is 0 Å². The van der Waals surface area contributed by atoms with Gasteiger partial charge in [-0.15, -0.1) is 0 Å². The Morgan fingerprint density at radius 1 is 1.42 bits per heavy atom. The molecular formula is C13H19N3O2S. The van der Waals surface area contributed by atoms with E-state index in [1.165, 1.54) is 0 Å². The van der Waals surface area contributed by atoms with Crippen molar-refractivity contribution >= 4 is 15.5 Å². The summed E-state index contributed by atoms with van der Waals surface area (Å²) in [5, 5.41) is 0.121. The van der Waals surface area contributed by atoms with Gasteiger partial charge in [-0.05, 0) is 32.4 Å². The van der Waals surface area contributed by atoms with E-state index in [0.717, 1.165) is 11.4 Å². The molecule has 0 unspecified atom stereocenters. The van der Waals surface area contributed by atoms with Crippen LogP contribution in [0.4, 0.5) is 0 Å². The van der Waals surface area contributed by atoms with Crippen LogP contribution in [0, 0.1) is 6.92 Å². The van der Waals surface area contributed by atoms with Gasteiger partial charge in [0, 0.05) is 18.7 Å². The van der Waals surface area contributed by atoms with Crippen LogP contribution in [0.15, 0.2) is 23.4 Å². The van der Waals surface area contributed by atoms with Crippen LogP contribution in [0.5, 0.6) is 0 Å². The van der Waals surface area contributed by atoms with Gasteiger partial charge in [-0.2, -0.15) is 0 Å². The predicted molar refractivity (Wildman–Crippen MR) is 74.8 cm³/mol. The first-order chi connectivity index (χ1) is 8.86. The summed E-state index contributed by atoms with van der Waals surface area (Å²) in [5.74, 6) is 0.753. The maximum atomic E-state index is 12.4. The Balaban J connectivity index is 2.74. The monoisotopic (exact) mass is 281 g/mol. The van der Waals surface area contributed by atoms with Crippen LogP contribution in [0.3, 0.4) is 0 Å². The molecule has 0 amide bonds. The van der Waals surface area contributed by atoms with Crippen LogP contribution in [0.2, 0.25) is 0 Å². The molecule has 5 nitrogen and oxygen atoms in total. The van der Waals surface area contributed by atoms with Gasteiger partial charge in [0.1, 0.15) is 5.82 Å². The zero-order valence-electron chi connectivity index (χ0n) is 11.6. The molecule has 0 aliphatic carbocycles. The first-order valence-electron chi connectivity index (χ1n) is 6.35. The number of aryl methyl sites for hydroxylation is 2. The second kappa shape index (κ2) is 4.94. The van der Waals surface area contributed by atoms with E-state index in [9.17, 15) is 8.42 Å². The van der Waals surface area contributed by atoms with Gasteiger partial charge in [0.2, 0.25) is 0 Å². The van der Waals surface area contributed by atoms with Crippen LogP contribution >= 0.6 is 0 Å². The molecule has 0 saturated heterocycles. The van der Waals surface area contributed by atoms with Crippen molar-refractivity contribution in [2.75, 3.05) is 0 Å². The van der Waals surface area contributed by atoms with Crippen molar-refractivity contribution in [2.45, 2.75) is 45.2 Å². The lowest BCUT2D eigenvalue weighted by Gasteiger charge is -2.08. The highest BCUT2D eigenvalue weighted by atomic mass is 32.2. The fraction of sp³-hybridized carbons (Fsp3) is 0.462. The standard InChI is InChI=1S/C13H19N3O2S/c1-5-11-14-13(19(17,18)15-9(2)3)12-10(4)7-6-8-16(11)12/h6-9,15H,5H2,1-4H3. The highest BCUT2D eigenvalue weighted by molar-refractivity contribution is 7.89. The van der Waals surface area contributed by atoms with E-state index >= 15 is 0 Å². The van der Waals surface area contributed by atoms with E-state index in [-0.39, 0.29) is 11.1 Å². The maximum Gasteiger partial charge on any atom is 0.260 e. The molecule has 0 spiro atoms. The Kier molecular flexibility index (Phi) is 3.64. The minimum absolute atomic E-state index is 0.121. The first kappa shape index (κ1) is 14.0. The highest BCUT2D eigenvalue weighted by Crippen LogP contribution is 2.22. The number of hydrogen-bond acceptors (Lipinski definition) is 3. The van der Waals surface area contributed by atoms with Gasteiger partial charge in [0.25, 0.3) is 10.0 Å². The number of imidazole rings is 1. The van der Waals surface area contributed by atoms with E-state index in [0.29, 0.717) is 11.9 Å². The Labute approximate surface area is 113 Å². The SMILES string of the molecule is CCc1nc(S(=O)(=O)NC(C)C)c2c(C)cccn12. The summed E-state index contributed by atoms with van der Waals surface area (Å²) in [6.45, 7) is 7.45. The zero-order chi connectivity index (χ0) is 14.2. The summed E-state index contributed by atoms with van der Waals surface area (Å²) >= 11 is 0. The van der Waals surface area contributed by atoms with Crippen molar-refractivity contribution in [3.8, 4) is 0 Å². The fourth-order valence-electron chi connectivity index (χ4n) is 2.13. The molecule has 1 N–H and O–H groups in total. The maximum absolute atomic E-state index is 12.4. The van der Waals surface area contributed by atoms with E-state index in [1.54, 1.807) is 13.8 Å². The van der Waals surface area contributed by atoms with Gasteiger partial charge in [-0.25, -0.2) is 18.1 Å². The summed E-state index contributed by atoms with van der Waals surface area (Å²) in [6, 6.07) is 3.64. The van der Waals surface area contributed by atoms with Crippen molar-refractivity contribution in [2.24, 2.45) is 0 Å². The van der Waals surface area contributed by atoms with Gasteiger partial charge in [-0.1, -0.05) is 13.0 Å². The average Bonchev–Trinajstić information content (AvgIpc) is 2.68. The van der Waals surface area contributed by atoms with Crippen molar-refractivity contribution in [1.29, 1.82) is 0 Å². The number of rotatable bonds is 4. The summed E-state index contributed by atoms with van der Waals surface area (Å²) in [6.07, 6.45) is 2.53. The summed E-state index contributed by atoms with van der Waals surface area (Å²) in [7, 11) is -3.58. The van der Waals surface area contributed by atoms with E-state index in [2.05, 4.69) is 9.71 Å². The third-order valence-corrected chi connectivity index (χ3v) is 4.44. The largest absolute Gasteiger partial charge is 0.302 e. The predicted octanol–water partition coefficient (Wildman–Crippen LogP) is 1.89. The minimum Gasteiger partial charge on any atom is -0.302 e. The number of nitrogens with zero attached hydrogens (tertiary/aromatic N) is 2. The van der Waals surface area contributed by atoms with Gasteiger partial charge >= 0.3 is 0 Å². The molecule has 2 aromatic rings. The lowest BCUT2D eigenvalue weighted by molar-refractivity contribution is 0.567. The molecule has 0 fully saturated rings. The third kappa shape index (κ3) is 2.50. The second-order valence-electron chi connectivity index (χ2n) is 4.87. The number of sulfonamides is 1. The van der Waals surface area contributed by atoms with Crippen molar-refractivity contribution in [3.63, 3.8) is 0 Å². The lowest BCUT2D eigenvalue weighted by atomic mass is 10.2. The van der Waals surface area contributed by atoms with E-state index in [4.69, 9.17) is 0 Å². The molecule has 6 heteroatoms. The Morgan fingerprint density at radius 3 is 2.68 bits per heavy atom. The lowest BCUT2D eigenvalue weighted by Crippen LogP contribution is -2.30. The van der Waals surface area contributed by atoms with Gasteiger partial charge < -0.3 is 4.40 Å². The number of nitrogens with one attached hydrogen (secondary N) is 1. The van der Waals surface area contributed by atoms with E-state index in [1.807, 2.05) is 36.6 Å². The molecule has 0 radical (unpaired) electrons. The molecule has 0 aromatic carbocycles. The third-order valence-electron chi connectivity index (χ3n) is 2.87. The molecule has 0 saturated carbocycles. The van der Waals surface area contributed by atoms with Crippen molar-refractivity contribution < 1.29 is 8.42 Å². The first-order valence-corrected chi connectivity index (χ1v) is 7.84. The summed E-state index contributed by atoms with van der Waals surface area (Å²) < 4.78 is 29.1. The summed E-state index contributed by atoms with van der Waals surface area (Å²) in [5.41, 5.74) is 1.56. The van der Waals surface area contributed by atoms with Crippen LogP contribution in [-0.2, 0) is 16.4 Å². The molecule has 2 rings (SSSR count). The molecule has 0 aliphatic heterocycles. The smallest absolute Gasteiger partial charge is 0.260 e. The van der Waals surface area contributed by atoms with Crippen LogP contribution < -0.4 is 4.72 Å². The molecular weight excluding hydrogens is 262 g/mol. The Hall–Kier alpha value is -1.40. The number of fused-ring (bicyclic) bond motifs is 1. The normalized spacial score (nSPS) is 12.5. The summed E-state index contributed by atoms with van der Waals surface area (Å²) in [4.78, 5) is 4.31.